The van der Waals surface area contributed by atoms with Gasteiger partial charge in [0, 0.05) is 6.54 Å². The number of aryl methyl sites for hydroxylation is 1. The molecule has 0 radical (unpaired) electrons. The summed E-state index contributed by atoms with van der Waals surface area (Å²) in [5.41, 5.74) is 2.45. The summed E-state index contributed by atoms with van der Waals surface area (Å²) < 4.78 is 25.4. The minimum Gasteiger partial charge on any atom is -0.494 e. The van der Waals surface area contributed by atoms with Gasteiger partial charge in [-0.15, -0.1) is 0 Å². The first kappa shape index (κ1) is 28.7. The smallest absolute Gasteiger partial charge is 0.404 e. The second-order valence-corrected chi connectivity index (χ2v) is 9.11. The fourth-order valence-corrected chi connectivity index (χ4v) is 3.68. The first-order valence-electron chi connectivity index (χ1n) is 12.5. The number of para-hydroxylation sites is 1. The van der Waals surface area contributed by atoms with Crippen molar-refractivity contribution >= 4 is 6.09 Å². The molecule has 0 saturated heterocycles. The summed E-state index contributed by atoms with van der Waals surface area (Å²) in [6, 6.07) is 22.8. The molecule has 0 aliphatic rings. The minimum atomic E-state index is -0.943. The van der Waals surface area contributed by atoms with Crippen LogP contribution in [0.4, 0.5) is 9.18 Å². The zero-order valence-corrected chi connectivity index (χ0v) is 21.7. The van der Waals surface area contributed by atoms with Crippen LogP contribution in [0.15, 0.2) is 72.8 Å². The molecule has 0 fully saturated rings. The maximum Gasteiger partial charge on any atom is 0.404 e. The van der Waals surface area contributed by atoms with Gasteiger partial charge in [0.25, 0.3) is 0 Å². The lowest BCUT2D eigenvalue weighted by molar-refractivity contribution is 0.194. The van der Waals surface area contributed by atoms with Crippen molar-refractivity contribution in [2.45, 2.75) is 58.8 Å². The average molecular weight is 496 g/mol. The normalized spacial score (nSPS) is 10.7. The summed E-state index contributed by atoms with van der Waals surface area (Å²) in [5, 5.41) is 10.1. The van der Waals surface area contributed by atoms with Crippen LogP contribution >= 0.6 is 0 Å². The van der Waals surface area contributed by atoms with Crippen LogP contribution in [0.1, 0.15) is 58.1 Å². The molecule has 0 aromatic heterocycles. The van der Waals surface area contributed by atoms with Crippen LogP contribution in [0.2, 0.25) is 0 Å². The van der Waals surface area contributed by atoms with Gasteiger partial charge in [0.15, 0.2) is 11.6 Å². The molecule has 3 aromatic rings. The van der Waals surface area contributed by atoms with E-state index in [4.69, 9.17) is 14.6 Å². The molecule has 0 aliphatic carbocycles. The molecule has 0 bridgehead atoms. The van der Waals surface area contributed by atoms with Gasteiger partial charge in [-0.2, -0.15) is 0 Å². The van der Waals surface area contributed by atoms with Gasteiger partial charge in [-0.3, -0.25) is 0 Å². The first-order chi connectivity index (χ1) is 17.2. The van der Waals surface area contributed by atoms with Crippen LogP contribution in [0, 0.1) is 5.82 Å². The summed E-state index contributed by atoms with van der Waals surface area (Å²) in [6.07, 6.45) is 2.84. The predicted octanol–water partition coefficient (Wildman–Crippen LogP) is 7.98. The van der Waals surface area contributed by atoms with Crippen molar-refractivity contribution in [1.29, 1.82) is 0 Å². The van der Waals surface area contributed by atoms with E-state index in [1.165, 1.54) is 11.6 Å². The zero-order chi connectivity index (χ0) is 26.4. The molecule has 0 unspecified atom stereocenters. The van der Waals surface area contributed by atoms with Crippen molar-refractivity contribution in [3.8, 4) is 17.2 Å². The van der Waals surface area contributed by atoms with E-state index in [9.17, 15) is 9.18 Å². The highest BCUT2D eigenvalue weighted by molar-refractivity contribution is 5.64. The lowest BCUT2D eigenvalue weighted by atomic mass is 9.80. The highest BCUT2D eigenvalue weighted by Crippen LogP contribution is 2.31. The molecule has 36 heavy (non-hydrogen) atoms. The third-order valence-corrected chi connectivity index (χ3v) is 5.71. The van der Waals surface area contributed by atoms with E-state index in [0.717, 1.165) is 37.0 Å². The Morgan fingerprint density at radius 2 is 1.67 bits per heavy atom. The second kappa shape index (κ2) is 14.8. The van der Waals surface area contributed by atoms with E-state index < -0.39 is 6.09 Å². The third kappa shape index (κ3) is 9.98. The van der Waals surface area contributed by atoms with Crippen molar-refractivity contribution < 1.29 is 23.8 Å². The molecule has 5 nitrogen and oxygen atoms in total. The Hall–Kier alpha value is -3.54. The fraction of sp³-hybridized carbons (Fsp3) is 0.367. The zero-order valence-electron chi connectivity index (χ0n) is 21.7. The molecule has 194 valence electrons. The Labute approximate surface area is 214 Å². The van der Waals surface area contributed by atoms with Crippen LogP contribution in [0.25, 0.3) is 0 Å². The van der Waals surface area contributed by atoms with Crippen LogP contribution in [0.5, 0.6) is 17.2 Å². The Balaban J connectivity index is 0.000000572. The monoisotopic (exact) mass is 495 g/mol. The Morgan fingerprint density at radius 1 is 0.972 bits per heavy atom. The number of carbonyl (C=O) groups is 1. The van der Waals surface area contributed by atoms with Gasteiger partial charge in [0.2, 0.25) is 0 Å². The van der Waals surface area contributed by atoms with Gasteiger partial charge >= 0.3 is 6.09 Å². The summed E-state index contributed by atoms with van der Waals surface area (Å²) in [6.45, 7) is 9.65. The minimum absolute atomic E-state index is 0.0636. The van der Waals surface area contributed by atoms with Gasteiger partial charge in [-0.1, -0.05) is 57.2 Å². The molecule has 0 saturated carbocycles. The van der Waals surface area contributed by atoms with Crippen molar-refractivity contribution in [3.63, 3.8) is 0 Å². The molecule has 0 heterocycles. The Kier molecular flexibility index (Phi) is 11.8. The number of benzene rings is 3. The molecule has 3 rings (SSSR count). The molecule has 3 aromatic carbocycles. The maximum absolute atomic E-state index is 14.1. The molecule has 0 atom stereocenters. The Morgan fingerprint density at radius 3 is 2.25 bits per heavy atom. The molecular formula is C30H38FNO4. The highest BCUT2D eigenvalue weighted by atomic mass is 19.1. The molecular weight excluding hydrogens is 457 g/mol. The third-order valence-electron chi connectivity index (χ3n) is 5.71. The summed E-state index contributed by atoms with van der Waals surface area (Å²) in [7, 11) is 0. The number of nitrogens with one attached hydrogen (secondary N) is 1. The number of rotatable bonds is 11. The van der Waals surface area contributed by atoms with E-state index in [1.807, 2.05) is 68.4 Å². The quantitative estimate of drug-likeness (QED) is 0.283. The maximum atomic E-state index is 14.1. The number of hydrogen-bond donors (Lipinski definition) is 2. The van der Waals surface area contributed by atoms with Gasteiger partial charge in [-0.25, -0.2) is 9.18 Å². The standard InChI is InChI=1S/C26H29FO2.C4H9NO2/c1-4-28-22-15-13-21(14-16-22)26(2,3)18-8-9-20-12-17-24(27)25(19-20)29-23-10-6-5-7-11-23;1-2-3-5-4(6)7/h5-7,10-17,19H,4,8-9,18H2,1-3H3;5H,2-3H2,1H3,(H,6,7). The van der Waals surface area contributed by atoms with E-state index in [1.54, 1.807) is 0 Å². The molecule has 1 amide bonds. The summed E-state index contributed by atoms with van der Waals surface area (Å²) in [5.74, 6) is 1.48. The fourth-order valence-electron chi connectivity index (χ4n) is 3.68. The van der Waals surface area contributed by atoms with Crippen LogP contribution in [-0.2, 0) is 11.8 Å². The average Bonchev–Trinajstić information content (AvgIpc) is 2.86. The second-order valence-electron chi connectivity index (χ2n) is 9.11. The van der Waals surface area contributed by atoms with Gasteiger partial charge in [0.1, 0.15) is 11.5 Å². The number of hydrogen-bond acceptors (Lipinski definition) is 3. The van der Waals surface area contributed by atoms with E-state index >= 15 is 0 Å². The molecule has 0 spiro atoms. The van der Waals surface area contributed by atoms with Crippen molar-refractivity contribution in [2.24, 2.45) is 0 Å². The Bertz CT molecular complexity index is 1050. The topological polar surface area (TPSA) is 67.8 Å². The SMILES string of the molecule is CCCNC(=O)O.CCOc1ccc(C(C)(C)CCCc2ccc(F)c(Oc3ccccc3)c2)cc1. The van der Waals surface area contributed by atoms with Crippen molar-refractivity contribution in [2.75, 3.05) is 13.2 Å². The van der Waals surface area contributed by atoms with Gasteiger partial charge < -0.3 is 19.9 Å². The van der Waals surface area contributed by atoms with Crippen molar-refractivity contribution in [1.82, 2.24) is 5.32 Å². The number of halogens is 1. The van der Waals surface area contributed by atoms with Crippen LogP contribution in [-0.4, -0.2) is 24.4 Å². The predicted molar refractivity (Wildman–Crippen MR) is 143 cm³/mol. The van der Waals surface area contributed by atoms with Gasteiger partial charge in [-0.05, 0) is 85.5 Å². The number of carboxylic acid groups (broad SMARTS) is 1. The van der Waals surface area contributed by atoms with E-state index in [2.05, 4.69) is 31.3 Å². The lowest BCUT2D eigenvalue weighted by Crippen LogP contribution is -2.20. The molecule has 2 N–H and O–H groups in total. The highest BCUT2D eigenvalue weighted by Gasteiger charge is 2.20. The first-order valence-corrected chi connectivity index (χ1v) is 12.5. The molecule has 6 heteroatoms. The lowest BCUT2D eigenvalue weighted by Gasteiger charge is -2.25. The summed E-state index contributed by atoms with van der Waals surface area (Å²) in [4.78, 5) is 9.65. The van der Waals surface area contributed by atoms with E-state index in [0.29, 0.717) is 18.9 Å². The van der Waals surface area contributed by atoms with Crippen LogP contribution < -0.4 is 14.8 Å². The largest absolute Gasteiger partial charge is 0.494 e. The van der Waals surface area contributed by atoms with Crippen molar-refractivity contribution in [3.05, 3.63) is 89.7 Å². The molecule has 0 aliphatic heterocycles. The summed E-state index contributed by atoms with van der Waals surface area (Å²) >= 11 is 0. The van der Waals surface area contributed by atoms with Gasteiger partial charge in [0.05, 0.1) is 6.61 Å². The number of amides is 1. The van der Waals surface area contributed by atoms with Crippen LogP contribution in [0.3, 0.4) is 0 Å². The number of ether oxygens (including phenoxy) is 2. The van der Waals surface area contributed by atoms with E-state index in [-0.39, 0.29) is 17.0 Å².